The van der Waals surface area contributed by atoms with Crippen LogP contribution in [-0.4, -0.2) is 39.6 Å². The summed E-state index contributed by atoms with van der Waals surface area (Å²) in [5.41, 5.74) is -0.758. The molecular formula is C11H17NO5. The van der Waals surface area contributed by atoms with Crippen molar-refractivity contribution in [1.29, 1.82) is 0 Å². The number of carboxylic acids is 1. The summed E-state index contributed by atoms with van der Waals surface area (Å²) in [6.45, 7) is 6.57. The first-order valence-corrected chi connectivity index (χ1v) is 5.42. The van der Waals surface area contributed by atoms with E-state index < -0.39 is 35.5 Å². The standard InChI is InChI=1S/C11H17NO5/c1-6-5-7(9(14)15)12(8(6)13)10(16)17-11(2,3)4/h6-7H,5H2,1-4H3,(H,14,15)/t6-,7-/m0/s1. The van der Waals surface area contributed by atoms with Crippen molar-refractivity contribution in [3.8, 4) is 0 Å². The topological polar surface area (TPSA) is 83.9 Å². The van der Waals surface area contributed by atoms with E-state index in [-0.39, 0.29) is 6.42 Å². The molecule has 1 fully saturated rings. The molecule has 2 amide bonds. The third-order valence-corrected chi connectivity index (χ3v) is 2.42. The largest absolute Gasteiger partial charge is 0.480 e. The summed E-state index contributed by atoms with van der Waals surface area (Å²) in [6, 6.07) is -1.12. The van der Waals surface area contributed by atoms with Crippen LogP contribution in [-0.2, 0) is 14.3 Å². The molecule has 0 aliphatic carbocycles. The fourth-order valence-electron chi connectivity index (χ4n) is 1.67. The van der Waals surface area contributed by atoms with E-state index in [1.807, 2.05) is 0 Å². The highest BCUT2D eigenvalue weighted by Crippen LogP contribution is 2.26. The van der Waals surface area contributed by atoms with Gasteiger partial charge in [0.1, 0.15) is 11.6 Å². The summed E-state index contributed by atoms with van der Waals surface area (Å²) in [5, 5.41) is 8.96. The van der Waals surface area contributed by atoms with Gasteiger partial charge in [-0.25, -0.2) is 14.5 Å². The first-order chi connectivity index (χ1) is 7.63. The lowest BCUT2D eigenvalue weighted by molar-refractivity contribution is -0.145. The van der Waals surface area contributed by atoms with E-state index in [0.29, 0.717) is 4.90 Å². The molecule has 0 aromatic rings. The van der Waals surface area contributed by atoms with Gasteiger partial charge >= 0.3 is 12.1 Å². The molecule has 6 nitrogen and oxygen atoms in total. The summed E-state index contributed by atoms with van der Waals surface area (Å²) < 4.78 is 5.02. The molecule has 0 saturated carbocycles. The molecule has 1 aliphatic rings. The molecule has 1 saturated heterocycles. The molecule has 17 heavy (non-hydrogen) atoms. The minimum absolute atomic E-state index is 0.132. The second kappa shape index (κ2) is 4.35. The van der Waals surface area contributed by atoms with Crippen molar-refractivity contribution in [2.75, 3.05) is 0 Å². The highest BCUT2D eigenvalue weighted by Gasteiger charge is 2.46. The van der Waals surface area contributed by atoms with E-state index in [1.165, 1.54) is 0 Å². The number of imide groups is 1. The Kier molecular flexibility index (Phi) is 3.45. The summed E-state index contributed by atoms with van der Waals surface area (Å²) >= 11 is 0. The van der Waals surface area contributed by atoms with Crippen LogP contribution in [0.1, 0.15) is 34.1 Å². The maximum absolute atomic E-state index is 11.8. The van der Waals surface area contributed by atoms with Crippen molar-refractivity contribution in [3.05, 3.63) is 0 Å². The molecule has 0 unspecified atom stereocenters. The van der Waals surface area contributed by atoms with Crippen LogP contribution in [0.5, 0.6) is 0 Å². The van der Waals surface area contributed by atoms with Gasteiger partial charge in [0.15, 0.2) is 0 Å². The highest BCUT2D eigenvalue weighted by atomic mass is 16.6. The van der Waals surface area contributed by atoms with Gasteiger partial charge in [-0.2, -0.15) is 0 Å². The first-order valence-electron chi connectivity index (χ1n) is 5.42. The number of aliphatic carboxylic acids is 1. The van der Waals surface area contributed by atoms with E-state index in [0.717, 1.165) is 0 Å². The minimum atomic E-state index is -1.19. The van der Waals surface area contributed by atoms with Gasteiger partial charge in [-0.15, -0.1) is 0 Å². The Morgan fingerprint density at radius 2 is 1.94 bits per heavy atom. The van der Waals surface area contributed by atoms with Gasteiger partial charge in [0, 0.05) is 5.92 Å². The molecule has 1 N–H and O–H groups in total. The van der Waals surface area contributed by atoms with Gasteiger partial charge in [0.2, 0.25) is 5.91 Å². The van der Waals surface area contributed by atoms with E-state index in [9.17, 15) is 14.4 Å². The summed E-state index contributed by atoms with van der Waals surface area (Å²) in [4.78, 5) is 35.1. The molecule has 0 aromatic carbocycles. The molecule has 0 bridgehead atoms. The second-order valence-electron chi connectivity index (χ2n) is 5.18. The lowest BCUT2D eigenvalue weighted by Crippen LogP contribution is -2.45. The quantitative estimate of drug-likeness (QED) is 0.749. The molecule has 6 heteroatoms. The van der Waals surface area contributed by atoms with Crippen LogP contribution >= 0.6 is 0 Å². The molecule has 1 heterocycles. The van der Waals surface area contributed by atoms with Gasteiger partial charge in [0.05, 0.1) is 0 Å². The van der Waals surface area contributed by atoms with Gasteiger partial charge in [-0.3, -0.25) is 4.79 Å². The van der Waals surface area contributed by atoms with Crippen LogP contribution < -0.4 is 0 Å². The van der Waals surface area contributed by atoms with E-state index in [2.05, 4.69) is 0 Å². The number of hydrogen-bond donors (Lipinski definition) is 1. The monoisotopic (exact) mass is 243 g/mol. The van der Waals surface area contributed by atoms with Gasteiger partial charge in [0.25, 0.3) is 0 Å². The number of likely N-dealkylation sites (tertiary alicyclic amines) is 1. The highest BCUT2D eigenvalue weighted by molar-refractivity contribution is 6.00. The molecule has 2 atom stereocenters. The number of carbonyl (C=O) groups is 3. The van der Waals surface area contributed by atoms with Crippen LogP contribution in [0.15, 0.2) is 0 Å². The molecule has 1 rings (SSSR count). The number of carbonyl (C=O) groups excluding carboxylic acids is 2. The molecular weight excluding hydrogens is 226 g/mol. The van der Waals surface area contributed by atoms with Crippen LogP contribution in [0.25, 0.3) is 0 Å². The molecule has 0 spiro atoms. The number of rotatable bonds is 1. The summed E-state index contributed by atoms with van der Waals surface area (Å²) in [5.74, 6) is -2.15. The Balaban J connectivity index is 2.89. The van der Waals surface area contributed by atoms with Crippen LogP contribution in [0.3, 0.4) is 0 Å². The van der Waals surface area contributed by atoms with Crippen molar-refractivity contribution >= 4 is 18.0 Å². The zero-order valence-electron chi connectivity index (χ0n) is 10.4. The maximum Gasteiger partial charge on any atom is 0.417 e. The number of ether oxygens (including phenoxy) is 1. The smallest absolute Gasteiger partial charge is 0.417 e. The lowest BCUT2D eigenvalue weighted by Gasteiger charge is -2.25. The van der Waals surface area contributed by atoms with Gasteiger partial charge in [-0.1, -0.05) is 6.92 Å². The Labute approximate surface area is 99.5 Å². The van der Waals surface area contributed by atoms with Crippen molar-refractivity contribution in [3.63, 3.8) is 0 Å². The average Bonchev–Trinajstić information content (AvgIpc) is 2.40. The van der Waals surface area contributed by atoms with Crippen molar-refractivity contribution in [2.45, 2.75) is 45.8 Å². The van der Waals surface area contributed by atoms with Crippen molar-refractivity contribution in [2.24, 2.45) is 5.92 Å². The Bertz CT molecular complexity index is 357. The summed E-state index contributed by atoms with van der Waals surface area (Å²) in [7, 11) is 0. The number of carboxylic acid groups (broad SMARTS) is 1. The predicted octanol–water partition coefficient (Wildman–Crippen LogP) is 1.24. The van der Waals surface area contributed by atoms with Gasteiger partial charge in [-0.05, 0) is 27.2 Å². The third-order valence-electron chi connectivity index (χ3n) is 2.42. The normalized spacial score (nSPS) is 24.9. The van der Waals surface area contributed by atoms with Crippen molar-refractivity contribution in [1.82, 2.24) is 4.90 Å². The number of amides is 2. The molecule has 96 valence electrons. The van der Waals surface area contributed by atoms with Crippen LogP contribution in [0.4, 0.5) is 4.79 Å². The molecule has 1 aliphatic heterocycles. The van der Waals surface area contributed by atoms with Crippen molar-refractivity contribution < 1.29 is 24.2 Å². The Morgan fingerprint density at radius 1 is 1.41 bits per heavy atom. The Morgan fingerprint density at radius 3 is 2.35 bits per heavy atom. The minimum Gasteiger partial charge on any atom is -0.480 e. The second-order valence-corrected chi connectivity index (χ2v) is 5.18. The van der Waals surface area contributed by atoms with E-state index in [1.54, 1.807) is 27.7 Å². The fourth-order valence-corrected chi connectivity index (χ4v) is 1.67. The average molecular weight is 243 g/mol. The fraction of sp³-hybridized carbons (Fsp3) is 0.727. The molecule has 0 aromatic heterocycles. The zero-order valence-corrected chi connectivity index (χ0v) is 10.4. The Hall–Kier alpha value is -1.59. The van der Waals surface area contributed by atoms with Gasteiger partial charge < -0.3 is 9.84 Å². The summed E-state index contributed by atoms with van der Waals surface area (Å²) in [6.07, 6.45) is -0.757. The van der Waals surface area contributed by atoms with E-state index >= 15 is 0 Å². The predicted molar refractivity (Wildman–Crippen MR) is 58.3 cm³/mol. The number of hydrogen-bond acceptors (Lipinski definition) is 4. The first kappa shape index (κ1) is 13.5. The lowest BCUT2D eigenvalue weighted by atomic mass is 10.1. The van der Waals surface area contributed by atoms with E-state index in [4.69, 9.17) is 9.84 Å². The molecule has 0 radical (unpaired) electrons. The zero-order chi connectivity index (χ0) is 13.4. The van der Waals surface area contributed by atoms with Crippen LogP contribution in [0, 0.1) is 5.92 Å². The maximum atomic E-state index is 11.8. The van der Waals surface area contributed by atoms with Crippen LogP contribution in [0.2, 0.25) is 0 Å². The third kappa shape index (κ3) is 2.95. The SMILES string of the molecule is C[C@H]1C[C@@H](C(=O)O)N(C(=O)OC(C)(C)C)C1=O. The number of nitrogens with zero attached hydrogens (tertiary/aromatic N) is 1.